The minimum atomic E-state index is -0.0746. The van der Waals surface area contributed by atoms with Gasteiger partial charge in [0.1, 0.15) is 21.9 Å². The number of fused-ring (bicyclic) bond motifs is 2. The van der Waals surface area contributed by atoms with Crippen molar-refractivity contribution in [3.05, 3.63) is 58.5 Å². The van der Waals surface area contributed by atoms with Gasteiger partial charge in [-0.25, -0.2) is 9.97 Å². The van der Waals surface area contributed by atoms with E-state index in [1.54, 1.807) is 6.20 Å². The first-order valence-electron chi connectivity index (χ1n) is 9.53. The zero-order chi connectivity index (χ0) is 20.4. The number of thiophene rings is 1. The van der Waals surface area contributed by atoms with Gasteiger partial charge in [0.25, 0.3) is 5.91 Å². The minimum Gasteiger partial charge on any atom is -0.491 e. The Kier molecular flexibility index (Phi) is 5.40. The topological polar surface area (TPSA) is 77.0 Å². The summed E-state index contributed by atoms with van der Waals surface area (Å²) in [5.74, 6) is 1.41. The van der Waals surface area contributed by atoms with Crippen molar-refractivity contribution in [3.8, 4) is 5.75 Å². The summed E-state index contributed by atoms with van der Waals surface area (Å²) < 4.78 is 5.88. The van der Waals surface area contributed by atoms with E-state index in [0.717, 1.165) is 44.0 Å². The van der Waals surface area contributed by atoms with Crippen molar-refractivity contribution in [1.29, 1.82) is 0 Å². The summed E-state index contributed by atoms with van der Waals surface area (Å²) in [5.41, 5.74) is 2.71. The summed E-state index contributed by atoms with van der Waals surface area (Å²) >= 11 is 1.42. The van der Waals surface area contributed by atoms with Gasteiger partial charge in [0, 0.05) is 29.2 Å². The van der Waals surface area contributed by atoms with Crippen molar-refractivity contribution in [3.63, 3.8) is 0 Å². The third kappa shape index (κ3) is 3.91. The van der Waals surface area contributed by atoms with Gasteiger partial charge in [-0.05, 0) is 44.9 Å². The smallest absolute Gasteiger partial charge is 0.261 e. The van der Waals surface area contributed by atoms with Gasteiger partial charge in [-0.1, -0.05) is 18.2 Å². The molecule has 3 aromatic heterocycles. The Labute approximate surface area is 173 Å². The summed E-state index contributed by atoms with van der Waals surface area (Å²) in [7, 11) is 0. The van der Waals surface area contributed by atoms with E-state index in [1.165, 1.54) is 11.3 Å². The molecule has 1 N–H and O–H groups in total. The number of hydrogen-bond donors (Lipinski definition) is 1. The van der Waals surface area contributed by atoms with Crippen LogP contribution in [0.5, 0.6) is 5.75 Å². The molecule has 7 heteroatoms. The zero-order valence-electron chi connectivity index (χ0n) is 16.7. The molecule has 29 heavy (non-hydrogen) atoms. The van der Waals surface area contributed by atoms with Crippen LogP contribution in [0.4, 0.5) is 0 Å². The SMILES string of the molecule is Cc1nc(C)c2c(C)c(C(=O)NCCCOc3cccc4cccnc34)sc2n1. The lowest BCUT2D eigenvalue weighted by molar-refractivity contribution is 0.0955. The third-order valence-corrected chi connectivity index (χ3v) is 5.93. The zero-order valence-corrected chi connectivity index (χ0v) is 17.5. The fraction of sp³-hybridized carbons (Fsp3) is 0.273. The normalized spacial score (nSPS) is 11.1. The third-order valence-electron chi connectivity index (χ3n) is 4.75. The van der Waals surface area contributed by atoms with Gasteiger partial charge >= 0.3 is 0 Å². The number of aromatic nitrogens is 3. The van der Waals surface area contributed by atoms with E-state index in [-0.39, 0.29) is 5.91 Å². The molecule has 0 saturated heterocycles. The van der Waals surface area contributed by atoms with Gasteiger partial charge in [0.2, 0.25) is 0 Å². The number of hydrogen-bond acceptors (Lipinski definition) is 6. The van der Waals surface area contributed by atoms with Crippen LogP contribution in [-0.4, -0.2) is 34.0 Å². The first-order chi connectivity index (χ1) is 14.0. The van der Waals surface area contributed by atoms with Crippen LogP contribution in [0.2, 0.25) is 0 Å². The van der Waals surface area contributed by atoms with E-state index in [2.05, 4.69) is 20.3 Å². The molecule has 0 fully saturated rings. The van der Waals surface area contributed by atoms with Gasteiger partial charge in [0.15, 0.2) is 0 Å². The Balaban J connectivity index is 1.35. The summed E-state index contributed by atoms with van der Waals surface area (Å²) in [5, 5.41) is 5.02. The van der Waals surface area contributed by atoms with Crippen LogP contribution in [-0.2, 0) is 0 Å². The summed E-state index contributed by atoms with van der Waals surface area (Å²) in [4.78, 5) is 27.5. The van der Waals surface area contributed by atoms with Crippen LogP contribution < -0.4 is 10.1 Å². The number of nitrogens with zero attached hydrogens (tertiary/aromatic N) is 3. The number of rotatable bonds is 6. The molecule has 0 aliphatic heterocycles. The molecule has 4 aromatic rings. The maximum atomic E-state index is 12.6. The molecule has 0 radical (unpaired) electrons. The molecule has 0 aliphatic carbocycles. The van der Waals surface area contributed by atoms with Crippen LogP contribution in [0.25, 0.3) is 21.1 Å². The van der Waals surface area contributed by atoms with Gasteiger partial charge < -0.3 is 10.1 Å². The van der Waals surface area contributed by atoms with E-state index in [9.17, 15) is 4.79 Å². The average Bonchev–Trinajstić information content (AvgIpc) is 3.04. The van der Waals surface area contributed by atoms with E-state index >= 15 is 0 Å². The number of pyridine rings is 1. The molecule has 3 heterocycles. The van der Waals surface area contributed by atoms with Crippen molar-refractivity contribution in [2.24, 2.45) is 0 Å². The second-order valence-corrected chi connectivity index (χ2v) is 7.88. The molecular weight excluding hydrogens is 384 g/mol. The molecule has 4 rings (SSSR count). The van der Waals surface area contributed by atoms with Gasteiger partial charge in [-0.2, -0.15) is 0 Å². The van der Waals surface area contributed by atoms with E-state index < -0.39 is 0 Å². The van der Waals surface area contributed by atoms with Crippen molar-refractivity contribution in [2.45, 2.75) is 27.2 Å². The second-order valence-electron chi connectivity index (χ2n) is 6.88. The van der Waals surface area contributed by atoms with E-state index in [1.807, 2.05) is 51.1 Å². The van der Waals surface area contributed by atoms with E-state index in [0.29, 0.717) is 24.4 Å². The first kappa shape index (κ1) is 19.3. The van der Waals surface area contributed by atoms with Crippen LogP contribution in [0, 0.1) is 20.8 Å². The number of amides is 1. The maximum absolute atomic E-state index is 12.6. The summed E-state index contributed by atoms with van der Waals surface area (Å²) in [6.07, 6.45) is 2.47. The monoisotopic (exact) mass is 406 g/mol. The van der Waals surface area contributed by atoms with Crippen LogP contribution in [0.15, 0.2) is 36.5 Å². The number of benzene rings is 1. The molecule has 0 bridgehead atoms. The fourth-order valence-electron chi connectivity index (χ4n) is 3.42. The predicted octanol–water partition coefficient (Wildman–Crippen LogP) is 4.36. The van der Waals surface area contributed by atoms with Gasteiger partial charge in [-0.15, -0.1) is 11.3 Å². The Morgan fingerprint density at radius 3 is 2.83 bits per heavy atom. The van der Waals surface area contributed by atoms with Crippen molar-refractivity contribution in [1.82, 2.24) is 20.3 Å². The number of nitrogens with one attached hydrogen (secondary N) is 1. The van der Waals surface area contributed by atoms with E-state index in [4.69, 9.17) is 4.74 Å². The lowest BCUT2D eigenvalue weighted by Crippen LogP contribution is -2.25. The molecule has 1 amide bonds. The standard InChI is InChI=1S/C22H22N4O2S/c1-13-18-14(2)25-15(3)26-22(18)29-20(13)21(27)24-11-6-12-28-17-9-4-7-16-8-5-10-23-19(16)17/h4-5,7-10H,6,11-12H2,1-3H3,(H,24,27). The number of ether oxygens (including phenoxy) is 1. The molecule has 0 saturated carbocycles. The molecule has 0 aliphatic rings. The summed E-state index contributed by atoms with van der Waals surface area (Å²) in [6, 6.07) is 9.80. The fourth-order valence-corrected chi connectivity index (χ4v) is 4.61. The summed E-state index contributed by atoms with van der Waals surface area (Å²) in [6.45, 7) is 6.82. The molecule has 1 aromatic carbocycles. The first-order valence-corrected chi connectivity index (χ1v) is 10.4. The quantitative estimate of drug-likeness (QED) is 0.481. The molecule has 0 unspecified atom stereocenters. The largest absolute Gasteiger partial charge is 0.491 e. The second kappa shape index (κ2) is 8.13. The number of aryl methyl sites for hydroxylation is 3. The highest BCUT2D eigenvalue weighted by Crippen LogP contribution is 2.31. The number of carbonyl (C=O) groups excluding carboxylic acids is 1. The lowest BCUT2D eigenvalue weighted by Gasteiger charge is -2.09. The Morgan fingerprint density at radius 2 is 1.97 bits per heavy atom. The maximum Gasteiger partial charge on any atom is 0.261 e. The highest BCUT2D eigenvalue weighted by atomic mass is 32.1. The average molecular weight is 407 g/mol. The Morgan fingerprint density at radius 1 is 1.14 bits per heavy atom. The van der Waals surface area contributed by atoms with Crippen LogP contribution in [0.1, 0.15) is 33.2 Å². The molecule has 6 nitrogen and oxygen atoms in total. The van der Waals surface area contributed by atoms with Crippen LogP contribution in [0.3, 0.4) is 0 Å². The lowest BCUT2D eigenvalue weighted by atomic mass is 10.1. The van der Waals surface area contributed by atoms with Crippen molar-refractivity contribution < 1.29 is 9.53 Å². The van der Waals surface area contributed by atoms with Crippen molar-refractivity contribution >= 4 is 38.4 Å². The number of para-hydroxylation sites is 1. The highest BCUT2D eigenvalue weighted by molar-refractivity contribution is 7.20. The number of carbonyl (C=O) groups is 1. The van der Waals surface area contributed by atoms with Gasteiger partial charge in [0.05, 0.1) is 11.5 Å². The highest BCUT2D eigenvalue weighted by Gasteiger charge is 2.18. The molecule has 0 spiro atoms. The minimum absolute atomic E-state index is 0.0746. The van der Waals surface area contributed by atoms with Crippen LogP contribution >= 0.6 is 11.3 Å². The Hall–Kier alpha value is -3.06. The molecule has 0 atom stereocenters. The van der Waals surface area contributed by atoms with Gasteiger partial charge in [-0.3, -0.25) is 9.78 Å². The van der Waals surface area contributed by atoms with Crippen molar-refractivity contribution in [2.75, 3.05) is 13.2 Å². The molecular formula is C22H22N4O2S. The molecule has 148 valence electrons. The predicted molar refractivity (Wildman–Crippen MR) is 116 cm³/mol. The Bertz CT molecular complexity index is 1200.